The SMILES string of the molecule is O=C(c1ccc(CCl)cc1)N1CCS(=O)(=O)CC1. The third kappa shape index (κ3) is 3.03. The van der Waals surface area contributed by atoms with Crippen LogP contribution in [0.25, 0.3) is 0 Å². The van der Waals surface area contributed by atoms with Crippen molar-refractivity contribution in [1.29, 1.82) is 0 Å². The first-order valence-corrected chi connectivity index (χ1v) is 8.02. The number of hydrogen-bond acceptors (Lipinski definition) is 3. The number of sulfone groups is 1. The summed E-state index contributed by atoms with van der Waals surface area (Å²) in [6.45, 7) is 0.552. The molecule has 1 aliphatic heterocycles. The summed E-state index contributed by atoms with van der Waals surface area (Å²) in [7, 11) is -2.95. The van der Waals surface area contributed by atoms with Gasteiger partial charge in [-0.05, 0) is 17.7 Å². The third-order valence-corrected chi connectivity index (χ3v) is 4.90. The molecule has 1 amide bonds. The Kier molecular flexibility index (Phi) is 3.92. The van der Waals surface area contributed by atoms with Crippen molar-refractivity contribution in [3.8, 4) is 0 Å². The van der Waals surface area contributed by atoms with E-state index in [4.69, 9.17) is 11.6 Å². The lowest BCUT2D eigenvalue weighted by Crippen LogP contribution is -2.43. The molecule has 6 heteroatoms. The molecule has 0 spiro atoms. The van der Waals surface area contributed by atoms with E-state index in [0.29, 0.717) is 11.4 Å². The Morgan fingerprint density at radius 1 is 1.17 bits per heavy atom. The molecule has 1 fully saturated rings. The van der Waals surface area contributed by atoms with Crippen LogP contribution >= 0.6 is 11.6 Å². The highest BCUT2D eigenvalue weighted by atomic mass is 35.5. The number of halogens is 1. The third-order valence-electron chi connectivity index (χ3n) is 2.99. The Morgan fingerprint density at radius 3 is 2.22 bits per heavy atom. The van der Waals surface area contributed by atoms with Crippen LogP contribution in [0.2, 0.25) is 0 Å². The first kappa shape index (κ1) is 13.4. The van der Waals surface area contributed by atoms with Crippen LogP contribution in [0.15, 0.2) is 24.3 Å². The molecule has 0 unspecified atom stereocenters. The monoisotopic (exact) mass is 287 g/mol. The average molecular weight is 288 g/mol. The standard InChI is InChI=1S/C12H14ClNO3S/c13-9-10-1-3-11(4-2-10)12(15)14-5-7-18(16,17)8-6-14/h1-4H,5-9H2. The van der Waals surface area contributed by atoms with Crippen molar-refractivity contribution in [3.05, 3.63) is 35.4 Å². The largest absolute Gasteiger partial charge is 0.337 e. The van der Waals surface area contributed by atoms with E-state index >= 15 is 0 Å². The zero-order valence-electron chi connectivity index (χ0n) is 9.80. The van der Waals surface area contributed by atoms with Gasteiger partial charge in [0.15, 0.2) is 9.84 Å². The summed E-state index contributed by atoms with van der Waals surface area (Å²) < 4.78 is 22.6. The van der Waals surface area contributed by atoms with Crippen LogP contribution in [0.1, 0.15) is 15.9 Å². The fourth-order valence-corrected chi connectivity index (χ4v) is 3.21. The molecule has 0 aliphatic carbocycles. The zero-order valence-corrected chi connectivity index (χ0v) is 11.4. The van der Waals surface area contributed by atoms with Crippen molar-refractivity contribution >= 4 is 27.3 Å². The van der Waals surface area contributed by atoms with E-state index < -0.39 is 9.84 Å². The molecule has 1 aromatic carbocycles. The molecule has 0 saturated carbocycles. The van der Waals surface area contributed by atoms with Crippen molar-refractivity contribution in [2.24, 2.45) is 0 Å². The van der Waals surface area contributed by atoms with Gasteiger partial charge in [-0.2, -0.15) is 0 Å². The fourth-order valence-electron chi connectivity index (χ4n) is 1.83. The molecule has 0 aromatic heterocycles. The maximum atomic E-state index is 12.1. The second kappa shape index (κ2) is 5.28. The van der Waals surface area contributed by atoms with E-state index in [2.05, 4.69) is 0 Å². The smallest absolute Gasteiger partial charge is 0.253 e. The summed E-state index contributed by atoms with van der Waals surface area (Å²) in [5.74, 6) is 0.402. The maximum Gasteiger partial charge on any atom is 0.253 e. The molecule has 2 rings (SSSR count). The number of benzene rings is 1. The van der Waals surface area contributed by atoms with Crippen LogP contribution in [0, 0.1) is 0 Å². The lowest BCUT2D eigenvalue weighted by molar-refractivity contribution is 0.0770. The van der Waals surface area contributed by atoms with Gasteiger partial charge in [-0.1, -0.05) is 12.1 Å². The Balaban J connectivity index is 2.07. The first-order valence-electron chi connectivity index (χ1n) is 5.66. The lowest BCUT2D eigenvalue weighted by atomic mass is 10.1. The van der Waals surface area contributed by atoms with Crippen molar-refractivity contribution in [2.75, 3.05) is 24.6 Å². The average Bonchev–Trinajstić information content (AvgIpc) is 2.38. The first-order chi connectivity index (χ1) is 8.52. The molecule has 0 bridgehead atoms. The molecular formula is C12H14ClNO3S. The minimum Gasteiger partial charge on any atom is -0.337 e. The number of amides is 1. The van der Waals surface area contributed by atoms with Gasteiger partial charge in [0.2, 0.25) is 0 Å². The van der Waals surface area contributed by atoms with Crippen molar-refractivity contribution in [3.63, 3.8) is 0 Å². The highest BCUT2D eigenvalue weighted by molar-refractivity contribution is 7.91. The summed E-state index contributed by atoms with van der Waals surface area (Å²) in [6.07, 6.45) is 0. The van der Waals surface area contributed by atoms with Gasteiger partial charge in [-0.25, -0.2) is 8.42 Å². The van der Waals surface area contributed by atoms with Gasteiger partial charge in [0, 0.05) is 24.5 Å². The van der Waals surface area contributed by atoms with Crippen LogP contribution in [-0.2, 0) is 15.7 Å². The Labute approximate surface area is 111 Å². The minimum absolute atomic E-state index is 0.0541. The van der Waals surface area contributed by atoms with Crippen molar-refractivity contribution in [1.82, 2.24) is 4.90 Å². The van der Waals surface area contributed by atoms with Crippen LogP contribution in [-0.4, -0.2) is 43.8 Å². The molecule has 98 valence electrons. The summed E-state index contributed by atoms with van der Waals surface area (Å²) in [5.41, 5.74) is 1.53. The molecule has 0 N–H and O–H groups in total. The Morgan fingerprint density at radius 2 is 1.72 bits per heavy atom. The molecule has 0 radical (unpaired) electrons. The molecule has 1 aromatic rings. The van der Waals surface area contributed by atoms with Crippen molar-refractivity contribution in [2.45, 2.75) is 5.88 Å². The van der Waals surface area contributed by atoms with Gasteiger partial charge in [-0.15, -0.1) is 11.6 Å². The summed E-state index contributed by atoms with van der Waals surface area (Å²) in [4.78, 5) is 13.7. The number of hydrogen-bond donors (Lipinski definition) is 0. The van der Waals surface area contributed by atoms with Crippen LogP contribution in [0.5, 0.6) is 0 Å². The molecule has 0 atom stereocenters. The predicted octanol–water partition coefficient (Wildman–Crippen LogP) is 1.30. The quantitative estimate of drug-likeness (QED) is 0.771. The number of alkyl halides is 1. The highest BCUT2D eigenvalue weighted by Crippen LogP contribution is 2.12. The molecular weight excluding hydrogens is 274 g/mol. The number of rotatable bonds is 2. The minimum atomic E-state index is -2.95. The van der Waals surface area contributed by atoms with Gasteiger partial charge in [0.05, 0.1) is 11.5 Å². The van der Waals surface area contributed by atoms with Gasteiger partial charge < -0.3 is 4.90 Å². The van der Waals surface area contributed by atoms with Gasteiger partial charge in [0.25, 0.3) is 5.91 Å². The fraction of sp³-hybridized carbons (Fsp3) is 0.417. The Hall–Kier alpha value is -1.07. The molecule has 1 heterocycles. The second-order valence-corrected chi connectivity index (χ2v) is 6.85. The predicted molar refractivity (Wildman–Crippen MR) is 70.6 cm³/mol. The number of carbonyl (C=O) groups excluding carboxylic acids is 1. The van der Waals surface area contributed by atoms with E-state index in [1.165, 1.54) is 0 Å². The highest BCUT2D eigenvalue weighted by Gasteiger charge is 2.25. The number of carbonyl (C=O) groups is 1. The normalized spacial score (nSPS) is 18.6. The Bertz CT molecular complexity index is 525. The van der Waals surface area contributed by atoms with Gasteiger partial charge >= 0.3 is 0 Å². The summed E-state index contributed by atoms with van der Waals surface area (Å²) in [5, 5.41) is 0. The maximum absolute atomic E-state index is 12.1. The number of nitrogens with zero attached hydrogens (tertiary/aromatic N) is 1. The van der Waals surface area contributed by atoms with E-state index in [-0.39, 0.29) is 30.5 Å². The van der Waals surface area contributed by atoms with Crippen molar-refractivity contribution < 1.29 is 13.2 Å². The van der Waals surface area contributed by atoms with Crippen LogP contribution in [0.3, 0.4) is 0 Å². The summed E-state index contributed by atoms with van der Waals surface area (Å²) >= 11 is 5.68. The second-order valence-electron chi connectivity index (χ2n) is 4.27. The molecule has 1 saturated heterocycles. The van der Waals surface area contributed by atoms with Gasteiger partial charge in [0.1, 0.15) is 0 Å². The lowest BCUT2D eigenvalue weighted by Gasteiger charge is -2.26. The van der Waals surface area contributed by atoms with Gasteiger partial charge in [-0.3, -0.25) is 4.79 Å². The molecule has 18 heavy (non-hydrogen) atoms. The topological polar surface area (TPSA) is 54.5 Å². The van der Waals surface area contributed by atoms with Crippen LogP contribution < -0.4 is 0 Å². The molecule has 1 aliphatic rings. The zero-order chi connectivity index (χ0) is 13.2. The van der Waals surface area contributed by atoms with E-state index in [1.807, 2.05) is 0 Å². The summed E-state index contributed by atoms with van der Waals surface area (Å²) in [6, 6.07) is 7.06. The van der Waals surface area contributed by atoms with Crippen LogP contribution in [0.4, 0.5) is 0 Å². The van der Waals surface area contributed by atoms with E-state index in [9.17, 15) is 13.2 Å². The van der Waals surface area contributed by atoms with E-state index in [1.54, 1.807) is 29.2 Å². The molecule has 4 nitrogen and oxygen atoms in total. The van der Waals surface area contributed by atoms with E-state index in [0.717, 1.165) is 5.56 Å².